The highest BCUT2D eigenvalue weighted by Gasteiger charge is 2.51. The maximum atomic E-state index is 10.2. The number of aliphatic hydroxyl groups excluding tert-OH is 3. The fourth-order valence-electron chi connectivity index (χ4n) is 1.26. The number of carbonyl (C=O) groups excluding carboxylic acids is 1. The minimum absolute atomic E-state index is 0.146. The predicted octanol–water partition coefficient (Wildman–Crippen LogP) is -3.30. The lowest BCUT2D eigenvalue weighted by Crippen LogP contribution is -2.69. The molecular weight excluding hydrogens is 194 g/mol. The van der Waals surface area contributed by atoms with Gasteiger partial charge in [-0.1, -0.05) is 0 Å². The lowest BCUT2D eigenvalue weighted by molar-refractivity contribution is -0.239. The Bertz CT molecular complexity index is 208. The number of aliphatic hydroxyl groups is 4. The highest BCUT2D eigenvalue weighted by molar-refractivity contribution is 5.48. The molecule has 4 atom stereocenters. The van der Waals surface area contributed by atoms with E-state index in [4.69, 9.17) is 14.9 Å². The molecule has 0 unspecified atom stereocenters. The normalized spacial score (nSPS) is 43.3. The van der Waals surface area contributed by atoms with E-state index >= 15 is 0 Å². The Labute approximate surface area is 79.9 Å². The van der Waals surface area contributed by atoms with E-state index < -0.39 is 30.6 Å². The van der Waals surface area contributed by atoms with Crippen molar-refractivity contribution >= 4 is 6.41 Å². The molecule has 1 aliphatic heterocycles. The monoisotopic (exact) mass is 206 g/mol. The van der Waals surface area contributed by atoms with Crippen LogP contribution in [0.2, 0.25) is 0 Å². The van der Waals surface area contributed by atoms with Crippen molar-refractivity contribution < 1.29 is 30.0 Å². The first kappa shape index (κ1) is 11.3. The minimum atomic E-state index is -2.19. The average Bonchev–Trinajstić information content (AvgIpc) is 2.15. The van der Waals surface area contributed by atoms with E-state index in [9.17, 15) is 15.0 Å². The fourth-order valence-corrected chi connectivity index (χ4v) is 1.26. The first-order chi connectivity index (χ1) is 6.56. The quantitative estimate of drug-likeness (QED) is 0.244. The van der Waals surface area contributed by atoms with Crippen LogP contribution in [0, 0.1) is 6.61 Å². The van der Waals surface area contributed by atoms with Crippen molar-refractivity contribution in [3.8, 4) is 0 Å². The zero-order valence-electron chi connectivity index (χ0n) is 7.20. The van der Waals surface area contributed by atoms with Crippen LogP contribution in [0.5, 0.6) is 0 Å². The zero-order chi connectivity index (χ0) is 10.8. The summed E-state index contributed by atoms with van der Waals surface area (Å²) >= 11 is 0. The van der Waals surface area contributed by atoms with Crippen LogP contribution in [-0.2, 0) is 9.53 Å². The van der Waals surface area contributed by atoms with Gasteiger partial charge in [-0.3, -0.25) is 4.79 Å². The molecule has 1 fully saturated rings. The van der Waals surface area contributed by atoms with Crippen molar-refractivity contribution in [2.75, 3.05) is 6.61 Å². The van der Waals surface area contributed by atoms with Crippen LogP contribution in [-0.4, -0.2) is 57.5 Å². The number of nitrogens with one attached hydrogen (secondary N) is 1. The third-order valence-corrected chi connectivity index (χ3v) is 2.10. The van der Waals surface area contributed by atoms with Gasteiger partial charge in [0.15, 0.2) is 5.72 Å². The Balaban J connectivity index is 2.85. The van der Waals surface area contributed by atoms with E-state index in [2.05, 4.69) is 0 Å². The molecule has 0 spiro atoms. The molecule has 7 heteroatoms. The summed E-state index contributed by atoms with van der Waals surface area (Å²) in [6.45, 7) is 0.268. The topological polar surface area (TPSA) is 119 Å². The summed E-state index contributed by atoms with van der Waals surface area (Å²) in [5, 5.41) is 38.9. The smallest absolute Gasteiger partial charge is 0.209 e. The summed E-state index contributed by atoms with van der Waals surface area (Å²) < 4.78 is 4.72. The van der Waals surface area contributed by atoms with Crippen molar-refractivity contribution in [2.45, 2.75) is 24.0 Å². The van der Waals surface area contributed by atoms with Gasteiger partial charge in [0.05, 0.1) is 6.61 Å². The van der Waals surface area contributed by atoms with Crippen molar-refractivity contribution in [1.29, 1.82) is 0 Å². The molecular formula is C7H12NO6. The standard InChI is InChI=1S/C7H12NO6/c9-1-5-7(13,8-3-10)6(12)4(11)2-14-5/h2-6,9,11-13H,1H2,(H,8,10)/t4-,5-,6-,7-/m1/s1. The van der Waals surface area contributed by atoms with Crippen molar-refractivity contribution in [1.82, 2.24) is 5.32 Å². The SMILES string of the molecule is O=CN[C@]1(O)[C@H](O)[C@H](O)[CH]O[C@@H]1CO. The van der Waals surface area contributed by atoms with Crippen molar-refractivity contribution in [3.63, 3.8) is 0 Å². The molecule has 1 aliphatic rings. The van der Waals surface area contributed by atoms with Gasteiger partial charge in [-0.25, -0.2) is 0 Å². The number of ether oxygens (including phenoxy) is 1. The third-order valence-electron chi connectivity index (χ3n) is 2.10. The Morgan fingerprint density at radius 1 is 1.57 bits per heavy atom. The van der Waals surface area contributed by atoms with Gasteiger partial charge in [-0.05, 0) is 0 Å². The molecule has 0 bridgehead atoms. The Kier molecular flexibility index (Phi) is 3.40. The highest BCUT2D eigenvalue weighted by Crippen LogP contribution is 2.25. The summed E-state index contributed by atoms with van der Waals surface area (Å²) in [4.78, 5) is 10.2. The van der Waals surface area contributed by atoms with E-state index in [0.29, 0.717) is 0 Å². The van der Waals surface area contributed by atoms with E-state index in [0.717, 1.165) is 6.61 Å². The van der Waals surface area contributed by atoms with Crippen LogP contribution in [0.15, 0.2) is 0 Å². The van der Waals surface area contributed by atoms with Gasteiger partial charge < -0.3 is 30.5 Å². The number of amides is 1. The van der Waals surface area contributed by atoms with Crippen LogP contribution >= 0.6 is 0 Å². The van der Waals surface area contributed by atoms with Gasteiger partial charge in [-0.15, -0.1) is 0 Å². The van der Waals surface area contributed by atoms with Gasteiger partial charge in [0.2, 0.25) is 6.41 Å². The second-order valence-electron chi connectivity index (χ2n) is 2.97. The van der Waals surface area contributed by atoms with Gasteiger partial charge >= 0.3 is 0 Å². The maximum absolute atomic E-state index is 10.2. The number of carbonyl (C=O) groups is 1. The molecule has 0 aliphatic carbocycles. The largest absolute Gasteiger partial charge is 0.393 e. The minimum Gasteiger partial charge on any atom is -0.393 e. The molecule has 81 valence electrons. The Morgan fingerprint density at radius 2 is 2.21 bits per heavy atom. The molecule has 5 N–H and O–H groups in total. The molecule has 1 rings (SSSR count). The van der Waals surface area contributed by atoms with E-state index in [1.54, 1.807) is 0 Å². The van der Waals surface area contributed by atoms with E-state index in [1.165, 1.54) is 0 Å². The van der Waals surface area contributed by atoms with Crippen molar-refractivity contribution in [2.24, 2.45) is 0 Å². The van der Waals surface area contributed by atoms with Crippen LogP contribution in [0.25, 0.3) is 0 Å². The van der Waals surface area contributed by atoms with E-state index in [1.807, 2.05) is 5.32 Å². The number of hydrogen-bond acceptors (Lipinski definition) is 6. The fraction of sp³-hybridized carbons (Fsp3) is 0.714. The molecule has 1 heterocycles. The lowest BCUT2D eigenvalue weighted by Gasteiger charge is -2.43. The van der Waals surface area contributed by atoms with Crippen LogP contribution in [0.3, 0.4) is 0 Å². The molecule has 7 nitrogen and oxygen atoms in total. The number of rotatable bonds is 3. The molecule has 14 heavy (non-hydrogen) atoms. The predicted molar refractivity (Wildman–Crippen MR) is 42.4 cm³/mol. The van der Waals surface area contributed by atoms with Crippen LogP contribution in [0.4, 0.5) is 0 Å². The average molecular weight is 206 g/mol. The lowest BCUT2D eigenvalue weighted by atomic mass is 9.93. The molecule has 0 saturated carbocycles. The van der Waals surface area contributed by atoms with Gasteiger partial charge in [0, 0.05) is 0 Å². The molecule has 1 saturated heterocycles. The van der Waals surface area contributed by atoms with Crippen molar-refractivity contribution in [3.05, 3.63) is 6.61 Å². The summed E-state index contributed by atoms with van der Waals surface area (Å²) in [6.07, 6.45) is -4.16. The maximum Gasteiger partial charge on any atom is 0.209 e. The number of hydrogen-bond donors (Lipinski definition) is 5. The molecule has 0 aromatic rings. The molecule has 0 aromatic carbocycles. The van der Waals surface area contributed by atoms with Gasteiger partial charge in [0.25, 0.3) is 0 Å². The van der Waals surface area contributed by atoms with E-state index in [-0.39, 0.29) is 6.41 Å². The Hall–Kier alpha value is -0.730. The van der Waals surface area contributed by atoms with Gasteiger partial charge in [0.1, 0.15) is 24.9 Å². The second-order valence-corrected chi connectivity index (χ2v) is 2.97. The zero-order valence-corrected chi connectivity index (χ0v) is 7.20. The van der Waals surface area contributed by atoms with Crippen LogP contribution in [0.1, 0.15) is 0 Å². The first-order valence-corrected chi connectivity index (χ1v) is 3.95. The molecule has 0 aromatic heterocycles. The summed E-state index contributed by atoms with van der Waals surface area (Å²) in [6, 6.07) is 0. The first-order valence-electron chi connectivity index (χ1n) is 3.95. The highest BCUT2D eigenvalue weighted by atomic mass is 16.5. The third kappa shape index (κ3) is 1.72. The molecule has 1 amide bonds. The second kappa shape index (κ2) is 4.20. The summed E-state index contributed by atoms with van der Waals surface area (Å²) in [5.41, 5.74) is -2.19. The summed E-state index contributed by atoms with van der Waals surface area (Å²) in [5.74, 6) is 0. The van der Waals surface area contributed by atoms with Gasteiger partial charge in [-0.2, -0.15) is 0 Å². The summed E-state index contributed by atoms with van der Waals surface area (Å²) in [7, 11) is 0. The Morgan fingerprint density at radius 3 is 2.71 bits per heavy atom. The van der Waals surface area contributed by atoms with Crippen LogP contribution < -0.4 is 5.32 Å². The molecule has 1 radical (unpaired) electrons.